The molecule has 0 saturated carbocycles. The molecule has 1 unspecified atom stereocenters. The summed E-state index contributed by atoms with van der Waals surface area (Å²) >= 11 is 3.36. The van der Waals surface area contributed by atoms with Crippen molar-refractivity contribution < 1.29 is 0 Å². The smallest absolute Gasteiger partial charge is 0.262 e. The van der Waals surface area contributed by atoms with Crippen molar-refractivity contribution in [2.45, 2.75) is 58.7 Å². The number of thiazole rings is 1. The number of hydrogen-bond acceptors (Lipinski definition) is 6. The molecular weight excluding hydrogens is 376 g/mol. The third-order valence-electron chi connectivity index (χ3n) is 5.48. The summed E-state index contributed by atoms with van der Waals surface area (Å²) in [4.78, 5) is 26.7. The van der Waals surface area contributed by atoms with Crippen LogP contribution >= 0.6 is 22.7 Å². The summed E-state index contributed by atoms with van der Waals surface area (Å²) in [6.45, 7) is 6.01. The first kappa shape index (κ1) is 18.8. The Kier molecular flexibility index (Phi) is 5.43. The Hall–Kier alpha value is -1.57. The van der Waals surface area contributed by atoms with E-state index in [1.807, 2.05) is 5.51 Å². The molecule has 3 heterocycles. The molecule has 0 spiro atoms. The standard InChI is InChI=1S/C20H26N4OS2/c1-13(2)6-7-24-11-21-19-18(20(24)25)16-5-4-15(8-17(16)27-19)23(3)9-14-10-26-12-22-14/h10-13,15H,4-9H2,1-3H3. The summed E-state index contributed by atoms with van der Waals surface area (Å²) in [5.74, 6) is 0.581. The van der Waals surface area contributed by atoms with Crippen LogP contribution < -0.4 is 5.56 Å². The van der Waals surface area contributed by atoms with Crippen LogP contribution in [-0.2, 0) is 25.9 Å². The predicted octanol–water partition coefficient (Wildman–Crippen LogP) is 3.95. The topological polar surface area (TPSA) is 51.0 Å². The van der Waals surface area contributed by atoms with Gasteiger partial charge < -0.3 is 0 Å². The minimum absolute atomic E-state index is 0.146. The van der Waals surface area contributed by atoms with E-state index >= 15 is 0 Å². The molecule has 3 aromatic heterocycles. The van der Waals surface area contributed by atoms with Gasteiger partial charge in [-0.05, 0) is 44.2 Å². The first-order chi connectivity index (χ1) is 13.0. The Morgan fingerprint density at radius 1 is 1.37 bits per heavy atom. The van der Waals surface area contributed by atoms with Crippen LogP contribution in [0.3, 0.4) is 0 Å². The van der Waals surface area contributed by atoms with Gasteiger partial charge in [-0.1, -0.05) is 13.8 Å². The largest absolute Gasteiger partial charge is 0.299 e. The molecule has 0 aliphatic heterocycles. The lowest BCUT2D eigenvalue weighted by atomic mass is 9.92. The van der Waals surface area contributed by atoms with Crippen LogP contribution in [0.4, 0.5) is 0 Å². The molecule has 0 aromatic carbocycles. The summed E-state index contributed by atoms with van der Waals surface area (Å²) in [6, 6.07) is 0.496. The molecule has 7 heteroatoms. The van der Waals surface area contributed by atoms with Crippen LogP contribution in [-0.4, -0.2) is 32.5 Å². The van der Waals surface area contributed by atoms with E-state index in [2.05, 4.69) is 41.1 Å². The zero-order chi connectivity index (χ0) is 19.0. The van der Waals surface area contributed by atoms with Gasteiger partial charge in [0.1, 0.15) is 4.83 Å². The molecule has 1 aliphatic carbocycles. The average molecular weight is 403 g/mol. The van der Waals surface area contributed by atoms with Gasteiger partial charge in [-0.3, -0.25) is 14.3 Å². The third-order valence-corrected chi connectivity index (χ3v) is 7.27. The maximum absolute atomic E-state index is 13.0. The molecule has 0 radical (unpaired) electrons. The Balaban J connectivity index is 1.57. The molecule has 5 nitrogen and oxygen atoms in total. The number of fused-ring (bicyclic) bond motifs is 3. The maximum Gasteiger partial charge on any atom is 0.262 e. The van der Waals surface area contributed by atoms with Crippen molar-refractivity contribution in [2.24, 2.45) is 5.92 Å². The fourth-order valence-corrected chi connectivity index (χ4v) is 5.62. The van der Waals surface area contributed by atoms with Crippen LogP contribution in [0.1, 0.15) is 42.8 Å². The highest BCUT2D eigenvalue weighted by Crippen LogP contribution is 2.35. The maximum atomic E-state index is 13.0. The Bertz CT molecular complexity index is 974. The van der Waals surface area contributed by atoms with Gasteiger partial charge in [-0.25, -0.2) is 9.97 Å². The second kappa shape index (κ2) is 7.81. The van der Waals surface area contributed by atoms with E-state index in [0.717, 1.165) is 54.7 Å². The lowest BCUT2D eigenvalue weighted by Crippen LogP contribution is -2.35. The molecule has 0 amide bonds. The van der Waals surface area contributed by atoms with E-state index < -0.39 is 0 Å². The van der Waals surface area contributed by atoms with E-state index in [-0.39, 0.29) is 5.56 Å². The molecule has 4 rings (SSSR count). The molecule has 0 bridgehead atoms. The van der Waals surface area contributed by atoms with Gasteiger partial charge in [0.15, 0.2) is 0 Å². The van der Waals surface area contributed by atoms with Crippen molar-refractivity contribution in [3.63, 3.8) is 0 Å². The summed E-state index contributed by atoms with van der Waals surface area (Å²) in [5, 5.41) is 3.00. The van der Waals surface area contributed by atoms with Crippen molar-refractivity contribution in [1.29, 1.82) is 0 Å². The first-order valence-electron chi connectivity index (χ1n) is 9.60. The van der Waals surface area contributed by atoms with Gasteiger partial charge in [0.25, 0.3) is 5.56 Å². The van der Waals surface area contributed by atoms with Crippen LogP contribution in [0.15, 0.2) is 22.0 Å². The number of nitrogens with zero attached hydrogens (tertiary/aromatic N) is 4. The highest BCUT2D eigenvalue weighted by atomic mass is 32.1. The van der Waals surface area contributed by atoms with Crippen molar-refractivity contribution in [3.8, 4) is 0 Å². The molecule has 1 aliphatic rings. The Morgan fingerprint density at radius 2 is 2.22 bits per heavy atom. The lowest BCUT2D eigenvalue weighted by molar-refractivity contribution is 0.213. The normalized spacial score (nSPS) is 17.1. The van der Waals surface area contributed by atoms with Crippen LogP contribution in [0.2, 0.25) is 0 Å². The van der Waals surface area contributed by atoms with E-state index in [4.69, 9.17) is 0 Å². The van der Waals surface area contributed by atoms with E-state index in [0.29, 0.717) is 12.0 Å². The van der Waals surface area contributed by atoms with Crippen LogP contribution in [0.5, 0.6) is 0 Å². The van der Waals surface area contributed by atoms with E-state index in [1.54, 1.807) is 33.6 Å². The van der Waals surface area contributed by atoms with Crippen molar-refractivity contribution in [2.75, 3.05) is 7.05 Å². The van der Waals surface area contributed by atoms with Gasteiger partial charge >= 0.3 is 0 Å². The number of aryl methyl sites for hydroxylation is 2. The van der Waals surface area contributed by atoms with Crippen molar-refractivity contribution >= 4 is 32.9 Å². The van der Waals surface area contributed by atoms with Gasteiger partial charge in [0.05, 0.1) is 22.9 Å². The second-order valence-corrected chi connectivity index (χ2v) is 9.70. The fraction of sp³-hybridized carbons (Fsp3) is 0.550. The fourth-order valence-electron chi connectivity index (χ4n) is 3.82. The molecule has 0 saturated heterocycles. The van der Waals surface area contributed by atoms with Gasteiger partial charge in [-0.15, -0.1) is 22.7 Å². The summed E-state index contributed by atoms with van der Waals surface area (Å²) in [5.41, 5.74) is 4.43. The zero-order valence-corrected chi connectivity index (χ0v) is 17.8. The molecule has 3 aromatic rings. The highest BCUT2D eigenvalue weighted by molar-refractivity contribution is 7.18. The number of hydrogen-bond donors (Lipinski definition) is 0. The van der Waals surface area contributed by atoms with Crippen LogP contribution in [0, 0.1) is 5.92 Å². The number of aromatic nitrogens is 3. The number of thiophene rings is 1. The third kappa shape index (κ3) is 3.86. The van der Waals surface area contributed by atoms with Gasteiger partial charge in [-0.2, -0.15) is 0 Å². The van der Waals surface area contributed by atoms with E-state index in [1.165, 1.54) is 10.4 Å². The predicted molar refractivity (Wildman–Crippen MR) is 113 cm³/mol. The summed E-state index contributed by atoms with van der Waals surface area (Å²) in [7, 11) is 2.18. The Morgan fingerprint density at radius 3 is 2.96 bits per heavy atom. The zero-order valence-electron chi connectivity index (χ0n) is 16.1. The summed E-state index contributed by atoms with van der Waals surface area (Å²) < 4.78 is 1.80. The lowest BCUT2D eigenvalue weighted by Gasteiger charge is -2.30. The minimum Gasteiger partial charge on any atom is -0.299 e. The van der Waals surface area contributed by atoms with Gasteiger partial charge in [0, 0.05) is 29.4 Å². The molecule has 27 heavy (non-hydrogen) atoms. The molecule has 1 atom stereocenters. The number of rotatable bonds is 6. The second-order valence-electron chi connectivity index (χ2n) is 7.90. The van der Waals surface area contributed by atoms with Crippen molar-refractivity contribution in [1.82, 2.24) is 19.4 Å². The van der Waals surface area contributed by atoms with Crippen LogP contribution in [0.25, 0.3) is 10.2 Å². The van der Waals surface area contributed by atoms with E-state index in [9.17, 15) is 4.79 Å². The minimum atomic E-state index is 0.146. The summed E-state index contributed by atoms with van der Waals surface area (Å²) in [6.07, 6.45) is 5.79. The highest BCUT2D eigenvalue weighted by Gasteiger charge is 2.27. The SMILES string of the molecule is CC(C)CCn1cnc2sc3c(c2c1=O)CCC(N(C)Cc1cscn1)C3. The molecular formula is C20H26N4OS2. The molecule has 144 valence electrons. The Labute approximate surface area is 167 Å². The average Bonchev–Trinajstić information content (AvgIpc) is 3.27. The number of likely N-dealkylation sites (N-methyl/N-ethyl adjacent to an activating group) is 1. The molecule has 0 fully saturated rings. The van der Waals surface area contributed by atoms with Gasteiger partial charge in [0.2, 0.25) is 0 Å². The van der Waals surface area contributed by atoms with Crippen molar-refractivity contribution in [3.05, 3.63) is 43.7 Å². The monoisotopic (exact) mass is 402 g/mol. The first-order valence-corrected chi connectivity index (χ1v) is 11.4. The molecule has 0 N–H and O–H groups in total. The quantitative estimate of drug-likeness (QED) is 0.626.